The first-order valence-electron chi connectivity index (χ1n) is 3.55. The standard InChI is InChI=1S/C5H13N3O2S/c1-6-4-7-11(9,10)8-5-2-3-5/h5-8H,2-4H2,1H3. The van der Waals surface area contributed by atoms with E-state index in [1.165, 1.54) is 0 Å². The molecule has 0 amide bonds. The largest absolute Gasteiger partial charge is 0.307 e. The minimum Gasteiger partial charge on any atom is -0.307 e. The fraction of sp³-hybridized carbons (Fsp3) is 1.00. The third kappa shape index (κ3) is 3.66. The molecule has 66 valence electrons. The minimum atomic E-state index is -3.24. The molecule has 0 atom stereocenters. The van der Waals surface area contributed by atoms with Crippen molar-refractivity contribution in [1.82, 2.24) is 14.8 Å². The summed E-state index contributed by atoms with van der Waals surface area (Å²) in [5.41, 5.74) is 0. The van der Waals surface area contributed by atoms with Crippen LogP contribution in [-0.2, 0) is 10.2 Å². The van der Waals surface area contributed by atoms with Gasteiger partial charge in [-0.25, -0.2) is 0 Å². The normalized spacial score (nSPS) is 18.6. The van der Waals surface area contributed by atoms with Crippen LogP contribution in [0, 0.1) is 0 Å². The van der Waals surface area contributed by atoms with Crippen LogP contribution in [-0.4, -0.2) is 28.2 Å². The van der Waals surface area contributed by atoms with Gasteiger partial charge >= 0.3 is 0 Å². The van der Waals surface area contributed by atoms with Crippen molar-refractivity contribution >= 4 is 10.2 Å². The molecule has 5 nitrogen and oxygen atoms in total. The van der Waals surface area contributed by atoms with Crippen molar-refractivity contribution in [3.8, 4) is 0 Å². The van der Waals surface area contributed by atoms with E-state index in [1.807, 2.05) is 0 Å². The molecule has 0 aliphatic heterocycles. The van der Waals surface area contributed by atoms with Crippen LogP contribution in [0.1, 0.15) is 12.8 Å². The van der Waals surface area contributed by atoms with E-state index < -0.39 is 10.2 Å². The Bertz CT molecular complexity index is 210. The summed E-state index contributed by atoms with van der Waals surface area (Å²) in [5.74, 6) is 0. The first-order chi connectivity index (χ1) is 5.14. The van der Waals surface area contributed by atoms with Crippen LogP contribution in [0.2, 0.25) is 0 Å². The van der Waals surface area contributed by atoms with Gasteiger partial charge in [-0.3, -0.25) is 0 Å². The van der Waals surface area contributed by atoms with Gasteiger partial charge in [0.25, 0.3) is 10.2 Å². The highest BCUT2D eigenvalue weighted by molar-refractivity contribution is 7.87. The van der Waals surface area contributed by atoms with Crippen LogP contribution >= 0.6 is 0 Å². The maximum absolute atomic E-state index is 11.0. The van der Waals surface area contributed by atoms with Gasteiger partial charge in [0.05, 0.1) is 6.67 Å². The lowest BCUT2D eigenvalue weighted by atomic mass is 10.8. The molecular weight excluding hydrogens is 166 g/mol. The van der Waals surface area contributed by atoms with Crippen molar-refractivity contribution in [3.63, 3.8) is 0 Å². The van der Waals surface area contributed by atoms with E-state index in [0.717, 1.165) is 12.8 Å². The predicted molar refractivity (Wildman–Crippen MR) is 42.1 cm³/mol. The van der Waals surface area contributed by atoms with Gasteiger partial charge in [-0.1, -0.05) is 0 Å². The molecule has 0 aromatic rings. The molecule has 1 aliphatic rings. The zero-order valence-electron chi connectivity index (χ0n) is 6.42. The Balaban J connectivity index is 2.26. The van der Waals surface area contributed by atoms with E-state index in [9.17, 15) is 8.42 Å². The van der Waals surface area contributed by atoms with Gasteiger partial charge in [-0.15, -0.1) is 0 Å². The lowest BCUT2D eigenvalue weighted by Gasteiger charge is -2.05. The summed E-state index contributed by atoms with van der Waals surface area (Å²) in [6, 6.07) is 0.171. The van der Waals surface area contributed by atoms with Crippen LogP contribution in [0.4, 0.5) is 0 Å². The average Bonchev–Trinajstić information content (AvgIpc) is 2.67. The van der Waals surface area contributed by atoms with Gasteiger partial charge in [0, 0.05) is 6.04 Å². The molecule has 1 saturated carbocycles. The number of hydrogen-bond acceptors (Lipinski definition) is 3. The monoisotopic (exact) mass is 179 g/mol. The number of hydrogen-bond donors (Lipinski definition) is 3. The third-order valence-electron chi connectivity index (χ3n) is 1.34. The second-order valence-electron chi connectivity index (χ2n) is 2.57. The summed E-state index contributed by atoms with van der Waals surface area (Å²) in [6.45, 7) is 0.266. The van der Waals surface area contributed by atoms with E-state index in [0.29, 0.717) is 0 Å². The molecule has 0 aromatic heterocycles. The summed E-state index contributed by atoms with van der Waals surface area (Å²) in [4.78, 5) is 0. The maximum Gasteiger partial charge on any atom is 0.278 e. The molecule has 0 unspecified atom stereocenters. The molecule has 1 aliphatic carbocycles. The van der Waals surface area contributed by atoms with Crippen LogP contribution in [0.25, 0.3) is 0 Å². The Morgan fingerprint density at radius 3 is 2.55 bits per heavy atom. The molecule has 0 spiro atoms. The van der Waals surface area contributed by atoms with Crippen molar-refractivity contribution in [1.29, 1.82) is 0 Å². The average molecular weight is 179 g/mol. The van der Waals surface area contributed by atoms with Gasteiger partial charge < -0.3 is 5.32 Å². The minimum absolute atomic E-state index is 0.171. The fourth-order valence-electron chi connectivity index (χ4n) is 0.629. The quantitative estimate of drug-likeness (QED) is 0.462. The second-order valence-corrected chi connectivity index (χ2v) is 4.10. The van der Waals surface area contributed by atoms with Gasteiger partial charge in [-0.2, -0.15) is 17.9 Å². The SMILES string of the molecule is CNCNS(=O)(=O)NC1CC1. The lowest BCUT2D eigenvalue weighted by molar-refractivity contribution is 0.561. The molecule has 0 heterocycles. The van der Waals surface area contributed by atoms with Crippen LogP contribution in [0.5, 0.6) is 0 Å². The zero-order valence-corrected chi connectivity index (χ0v) is 7.24. The summed E-state index contributed by atoms with van der Waals surface area (Å²) in [7, 11) is -1.56. The van der Waals surface area contributed by atoms with Crippen molar-refractivity contribution in [2.75, 3.05) is 13.7 Å². The molecule has 3 N–H and O–H groups in total. The lowest BCUT2D eigenvalue weighted by Crippen LogP contribution is -2.41. The van der Waals surface area contributed by atoms with Crippen LogP contribution < -0.4 is 14.8 Å². The summed E-state index contributed by atoms with van der Waals surface area (Å²) < 4.78 is 26.8. The van der Waals surface area contributed by atoms with Gasteiger partial charge in [0.1, 0.15) is 0 Å². The van der Waals surface area contributed by atoms with Crippen molar-refractivity contribution in [2.24, 2.45) is 0 Å². The highest BCUT2D eigenvalue weighted by atomic mass is 32.2. The molecule has 0 aromatic carbocycles. The van der Waals surface area contributed by atoms with E-state index in [1.54, 1.807) is 7.05 Å². The van der Waals surface area contributed by atoms with Crippen LogP contribution in [0.3, 0.4) is 0 Å². The van der Waals surface area contributed by atoms with Crippen molar-refractivity contribution < 1.29 is 8.42 Å². The highest BCUT2D eigenvalue weighted by Gasteiger charge is 2.26. The summed E-state index contributed by atoms with van der Waals surface area (Å²) in [5, 5.41) is 2.69. The third-order valence-corrected chi connectivity index (χ3v) is 2.51. The molecule has 6 heteroatoms. The summed E-state index contributed by atoms with van der Waals surface area (Å²) in [6.07, 6.45) is 1.92. The van der Waals surface area contributed by atoms with E-state index in [4.69, 9.17) is 0 Å². The van der Waals surface area contributed by atoms with E-state index in [-0.39, 0.29) is 12.7 Å². The highest BCUT2D eigenvalue weighted by Crippen LogP contribution is 2.19. The molecule has 1 rings (SSSR count). The van der Waals surface area contributed by atoms with Crippen LogP contribution in [0.15, 0.2) is 0 Å². The second kappa shape index (κ2) is 3.48. The Hall–Kier alpha value is -0.170. The topological polar surface area (TPSA) is 70.2 Å². The number of nitrogens with one attached hydrogen (secondary N) is 3. The van der Waals surface area contributed by atoms with Gasteiger partial charge in [0.15, 0.2) is 0 Å². The Kier molecular flexibility index (Phi) is 2.83. The molecule has 0 radical (unpaired) electrons. The molecule has 11 heavy (non-hydrogen) atoms. The number of rotatable bonds is 5. The molecule has 0 saturated heterocycles. The van der Waals surface area contributed by atoms with E-state index >= 15 is 0 Å². The van der Waals surface area contributed by atoms with Gasteiger partial charge in [0.2, 0.25) is 0 Å². The first kappa shape index (κ1) is 8.92. The zero-order chi connectivity index (χ0) is 8.32. The summed E-state index contributed by atoms with van der Waals surface area (Å²) >= 11 is 0. The fourth-order valence-corrected chi connectivity index (χ4v) is 1.72. The Morgan fingerprint density at radius 1 is 1.45 bits per heavy atom. The molecule has 0 bridgehead atoms. The Morgan fingerprint density at radius 2 is 2.09 bits per heavy atom. The molecular formula is C5H13N3O2S. The first-order valence-corrected chi connectivity index (χ1v) is 5.04. The Labute approximate surface area is 66.7 Å². The van der Waals surface area contributed by atoms with E-state index in [2.05, 4.69) is 14.8 Å². The molecule has 1 fully saturated rings. The van der Waals surface area contributed by atoms with Crippen molar-refractivity contribution in [2.45, 2.75) is 18.9 Å². The smallest absolute Gasteiger partial charge is 0.278 e. The maximum atomic E-state index is 11.0. The van der Waals surface area contributed by atoms with Gasteiger partial charge in [-0.05, 0) is 19.9 Å². The van der Waals surface area contributed by atoms with Crippen molar-refractivity contribution in [3.05, 3.63) is 0 Å². The predicted octanol–water partition coefficient (Wildman–Crippen LogP) is -1.25.